The minimum atomic E-state index is -3.55. The van der Waals surface area contributed by atoms with E-state index < -0.39 is 14.6 Å². The Morgan fingerprint density at radius 2 is 1.89 bits per heavy atom. The second-order valence-corrected chi connectivity index (χ2v) is 7.19. The van der Waals surface area contributed by atoms with Gasteiger partial charge < -0.3 is 0 Å². The lowest BCUT2D eigenvalue weighted by Gasteiger charge is -2.16. The lowest BCUT2D eigenvalue weighted by atomic mass is 10.1. The highest BCUT2D eigenvalue weighted by Crippen LogP contribution is 2.53. The van der Waals surface area contributed by atoms with Crippen molar-refractivity contribution < 1.29 is 13.2 Å². The Hall–Kier alpha value is -1.16. The van der Waals surface area contributed by atoms with E-state index in [2.05, 4.69) is 0 Å². The molecule has 0 amide bonds. The van der Waals surface area contributed by atoms with Crippen LogP contribution < -0.4 is 0 Å². The summed E-state index contributed by atoms with van der Waals surface area (Å²) >= 11 is 0. The average molecular weight is 266 g/mol. The fourth-order valence-electron chi connectivity index (χ4n) is 2.56. The summed E-state index contributed by atoms with van der Waals surface area (Å²) in [5.74, 6) is -0.192. The number of carbonyl (C=O) groups excluding carboxylic acids is 1. The van der Waals surface area contributed by atoms with Gasteiger partial charge in [-0.2, -0.15) is 0 Å². The first kappa shape index (κ1) is 13.3. The van der Waals surface area contributed by atoms with Gasteiger partial charge in [-0.25, -0.2) is 8.42 Å². The lowest BCUT2D eigenvalue weighted by molar-refractivity contribution is -0.119. The first-order valence-corrected chi connectivity index (χ1v) is 7.78. The third-order valence-electron chi connectivity index (χ3n) is 3.73. The topological polar surface area (TPSA) is 51.2 Å². The maximum absolute atomic E-state index is 12.6. The molecule has 3 nitrogen and oxygen atoms in total. The minimum Gasteiger partial charge on any atom is -0.298 e. The molecule has 2 rings (SSSR count). The molecular weight excluding hydrogens is 248 g/mol. The Bertz CT molecular complexity index is 548. The highest BCUT2D eigenvalue weighted by atomic mass is 32.2. The highest BCUT2D eigenvalue weighted by molar-refractivity contribution is 7.94. The zero-order valence-electron chi connectivity index (χ0n) is 10.7. The number of sulfone groups is 1. The van der Waals surface area contributed by atoms with Gasteiger partial charge in [-0.05, 0) is 30.9 Å². The molecule has 1 aromatic rings. The Morgan fingerprint density at radius 1 is 1.33 bits per heavy atom. The van der Waals surface area contributed by atoms with Gasteiger partial charge in [0.05, 0.1) is 4.90 Å². The summed E-state index contributed by atoms with van der Waals surface area (Å²) in [5, 5.41) is 0. The van der Waals surface area contributed by atoms with Gasteiger partial charge in [0.1, 0.15) is 4.75 Å². The Kier molecular flexibility index (Phi) is 3.32. The normalized spacial score (nSPS) is 26.9. The summed E-state index contributed by atoms with van der Waals surface area (Å²) in [4.78, 5) is 12.4. The maximum atomic E-state index is 12.6. The summed E-state index contributed by atoms with van der Waals surface area (Å²) < 4.78 is 24.1. The number of benzene rings is 1. The third kappa shape index (κ3) is 1.79. The summed E-state index contributed by atoms with van der Waals surface area (Å²) in [6.07, 6.45) is 1.50. The van der Waals surface area contributed by atoms with E-state index in [4.69, 9.17) is 0 Å². The molecule has 0 bridgehead atoms. The predicted octanol–water partition coefficient (Wildman–Crippen LogP) is 2.61. The maximum Gasteiger partial charge on any atom is 0.191 e. The van der Waals surface area contributed by atoms with Crippen LogP contribution in [0.5, 0.6) is 0 Å². The van der Waals surface area contributed by atoms with Crippen molar-refractivity contribution in [3.8, 4) is 0 Å². The van der Waals surface area contributed by atoms with Crippen molar-refractivity contribution in [3.63, 3.8) is 0 Å². The fraction of sp³-hybridized carbons (Fsp3) is 0.500. The second-order valence-electron chi connectivity index (χ2n) is 4.98. The molecule has 0 spiro atoms. The first-order chi connectivity index (χ1) is 8.46. The van der Waals surface area contributed by atoms with E-state index in [0.717, 1.165) is 0 Å². The number of ketones is 1. The molecule has 0 radical (unpaired) electrons. The van der Waals surface area contributed by atoms with E-state index in [0.29, 0.717) is 19.3 Å². The van der Waals surface area contributed by atoms with E-state index >= 15 is 0 Å². The Morgan fingerprint density at radius 3 is 2.33 bits per heavy atom. The molecule has 1 aliphatic rings. The Balaban J connectivity index is 2.44. The van der Waals surface area contributed by atoms with E-state index in [9.17, 15) is 13.2 Å². The van der Waals surface area contributed by atoms with Crippen LogP contribution in [0.2, 0.25) is 0 Å². The van der Waals surface area contributed by atoms with Gasteiger partial charge in [-0.1, -0.05) is 32.0 Å². The number of carbonyl (C=O) groups is 1. The van der Waals surface area contributed by atoms with Crippen molar-refractivity contribution in [2.24, 2.45) is 5.92 Å². The van der Waals surface area contributed by atoms with Crippen LogP contribution in [0.3, 0.4) is 0 Å². The highest BCUT2D eigenvalue weighted by Gasteiger charge is 2.65. The molecule has 0 aromatic heterocycles. The standard InChI is InChI=1S/C14H18O3S/c1-3-7-13(15)14(10-11(14)2)18(16,17)12-8-5-4-6-9-12/h4-6,8-9,11H,3,7,10H2,1-2H3/t11-,14-/m0/s1. The molecule has 0 N–H and O–H groups in total. The molecule has 1 aromatic carbocycles. The van der Waals surface area contributed by atoms with E-state index in [-0.39, 0.29) is 16.6 Å². The smallest absolute Gasteiger partial charge is 0.191 e. The van der Waals surface area contributed by atoms with Crippen LogP contribution in [-0.2, 0) is 14.6 Å². The average Bonchev–Trinajstić information content (AvgIpc) is 3.04. The zero-order valence-corrected chi connectivity index (χ0v) is 11.5. The molecule has 18 heavy (non-hydrogen) atoms. The number of Topliss-reactive ketones (excluding diaryl/α,β-unsaturated/α-hetero) is 1. The molecule has 0 aliphatic heterocycles. The van der Waals surface area contributed by atoms with Gasteiger partial charge in [-0.3, -0.25) is 4.79 Å². The van der Waals surface area contributed by atoms with E-state index in [1.54, 1.807) is 30.3 Å². The largest absolute Gasteiger partial charge is 0.298 e. The fourth-order valence-corrected chi connectivity index (χ4v) is 4.89. The minimum absolute atomic E-state index is 0.0678. The van der Waals surface area contributed by atoms with E-state index in [1.807, 2.05) is 13.8 Å². The SMILES string of the molecule is CCCC(=O)[C@]1(S(=O)(=O)c2ccccc2)C[C@@H]1C. The summed E-state index contributed by atoms with van der Waals surface area (Å²) in [6.45, 7) is 3.74. The van der Waals surface area contributed by atoms with Crippen LogP contribution in [-0.4, -0.2) is 18.9 Å². The van der Waals surface area contributed by atoms with Crippen molar-refractivity contribution in [1.29, 1.82) is 0 Å². The summed E-state index contributed by atoms with van der Waals surface area (Å²) in [6, 6.07) is 8.30. The van der Waals surface area contributed by atoms with Crippen LogP contribution >= 0.6 is 0 Å². The second kappa shape index (κ2) is 4.50. The monoisotopic (exact) mass is 266 g/mol. The van der Waals surface area contributed by atoms with Crippen molar-refractivity contribution >= 4 is 15.6 Å². The van der Waals surface area contributed by atoms with Crippen LogP contribution in [0.1, 0.15) is 33.1 Å². The van der Waals surface area contributed by atoms with Gasteiger partial charge in [0.2, 0.25) is 0 Å². The van der Waals surface area contributed by atoms with Crippen molar-refractivity contribution in [2.75, 3.05) is 0 Å². The molecule has 1 aliphatic carbocycles. The molecular formula is C14H18O3S. The van der Waals surface area contributed by atoms with Crippen LogP contribution in [0.25, 0.3) is 0 Å². The molecule has 1 fully saturated rings. The zero-order chi connectivity index (χ0) is 13.4. The van der Waals surface area contributed by atoms with Crippen molar-refractivity contribution in [1.82, 2.24) is 0 Å². The molecule has 0 unspecified atom stereocenters. The molecule has 1 saturated carbocycles. The number of hydrogen-bond donors (Lipinski definition) is 0. The molecule has 4 heteroatoms. The van der Waals surface area contributed by atoms with E-state index in [1.165, 1.54) is 0 Å². The number of hydrogen-bond acceptors (Lipinski definition) is 3. The number of rotatable bonds is 5. The molecule has 2 atom stereocenters. The van der Waals surface area contributed by atoms with Gasteiger partial charge in [0.15, 0.2) is 15.6 Å². The van der Waals surface area contributed by atoms with Gasteiger partial charge in [-0.15, -0.1) is 0 Å². The van der Waals surface area contributed by atoms with Crippen molar-refractivity contribution in [2.45, 2.75) is 42.8 Å². The van der Waals surface area contributed by atoms with Crippen LogP contribution in [0.4, 0.5) is 0 Å². The van der Waals surface area contributed by atoms with Crippen LogP contribution in [0.15, 0.2) is 35.2 Å². The quantitative estimate of drug-likeness (QED) is 0.823. The first-order valence-electron chi connectivity index (χ1n) is 6.29. The molecule has 0 heterocycles. The Labute approximate surface area is 108 Å². The van der Waals surface area contributed by atoms with Crippen molar-refractivity contribution in [3.05, 3.63) is 30.3 Å². The van der Waals surface area contributed by atoms with Gasteiger partial charge in [0.25, 0.3) is 0 Å². The van der Waals surface area contributed by atoms with Gasteiger partial charge in [0, 0.05) is 6.42 Å². The third-order valence-corrected chi connectivity index (χ3v) is 6.38. The summed E-state index contributed by atoms with van der Waals surface area (Å²) in [5.41, 5.74) is 0. The summed E-state index contributed by atoms with van der Waals surface area (Å²) in [7, 11) is -3.55. The van der Waals surface area contributed by atoms with Crippen LogP contribution in [0, 0.1) is 5.92 Å². The molecule has 98 valence electrons. The predicted molar refractivity (Wildman–Crippen MR) is 70.1 cm³/mol. The lowest BCUT2D eigenvalue weighted by Crippen LogP contribution is -2.34. The molecule has 0 saturated heterocycles. The van der Waals surface area contributed by atoms with Gasteiger partial charge >= 0.3 is 0 Å².